The molecule has 6 nitrogen and oxygen atoms in total. The van der Waals surface area contributed by atoms with Gasteiger partial charge in [0, 0.05) is 24.7 Å². The van der Waals surface area contributed by atoms with E-state index in [9.17, 15) is 13.2 Å². The highest BCUT2D eigenvalue weighted by molar-refractivity contribution is 7.89. The minimum Gasteiger partial charge on any atom is -0.490 e. The zero-order valence-electron chi connectivity index (χ0n) is 15.6. The fourth-order valence-corrected chi connectivity index (χ4v) is 4.62. The minimum absolute atomic E-state index is 0.0866. The lowest BCUT2D eigenvalue weighted by molar-refractivity contribution is -0.120. The van der Waals surface area contributed by atoms with Gasteiger partial charge in [0.25, 0.3) is 0 Å². The normalized spacial score (nSPS) is 15.7. The summed E-state index contributed by atoms with van der Waals surface area (Å²) in [6.45, 7) is 4.70. The molecule has 1 heterocycles. The van der Waals surface area contributed by atoms with E-state index in [-0.39, 0.29) is 16.7 Å². The van der Waals surface area contributed by atoms with Gasteiger partial charge >= 0.3 is 0 Å². The SMILES string of the molecule is C=CCOc1ccc(NC(=O)C2CCN(S(=O)(=O)c3ccccc3)CC2)cc1. The third kappa shape index (κ3) is 4.79. The molecule has 0 spiro atoms. The molecule has 1 N–H and O–H groups in total. The highest BCUT2D eigenvalue weighted by Crippen LogP contribution is 2.25. The third-order valence-corrected chi connectivity index (χ3v) is 6.61. The Morgan fingerprint density at radius 1 is 1.11 bits per heavy atom. The average molecular weight is 401 g/mol. The molecule has 0 unspecified atom stereocenters. The fraction of sp³-hybridized carbons (Fsp3) is 0.286. The lowest BCUT2D eigenvalue weighted by atomic mass is 9.97. The van der Waals surface area contributed by atoms with E-state index in [4.69, 9.17) is 4.74 Å². The van der Waals surface area contributed by atoms with Gasteiger partial charge in [-0.3, -0.25) is 4.79 Å². The van der Waals surface area contributed by atoms with Crippen molar-refractivity contribution in [2.75, 3.05) is 25.0 Å². The summed E-state index contributed by atoms with van der Waals surface area (Å²) in [5, 5.41) is 2.90. The number of rotatable bonds is 7. The van der Waals surface area contributed by atoms with Crippen molar-refractivity contribution in [2.45, 2.75) is 17.7 Å². The van der Waals surface area contributed by atoms with Gasteiger partial charge < -0.3 is 10.1 Å². The molecule has 0 saturated carbocycles. The molecular weight excluding hydrogens is 376 g/mol. The number of carbonyl (C=O) groups excluding carboxylic acids is 1. The Bertz CT molecular complexity index is 903. The molecule has 1 aliphatic heterocycles. The van der Waals surface area contributed by atoms with Gasteiger partial charge in [-0.2, -0.15) is 4.31 Å². The first-order valence-electron chi connectivity index (χ1n) is 9.20. The van der Waals surface area contributed by atoms with Crippen molar-refractivity contribution in [2.24, 2.45) is 5.92 Å². The highest BCUT2D eigenvalue weighted by atomic mass is 32.2. The van der Waals surface area contributed by atoms with Gasteiger partial charge in [0.15, 0.2) is 0 Å². The van der Waals surface area contributed by atoms with E-state index >= 15 is 0 Å². The molecule has 7 heteroatoms. The molecular formula is C21H24N2O4S. The van der Waals surface area contributed by atoms with Crippen molar-refractivity contribution >= 4 is 21.6 Å². The van der Waals surface area contributed by atoms with Crippen molar-refractivity contribution < 1.29 is 17.9 Å². The van der Waals surface area contributed by atoms with Crippen LogP contribution in [0.1, 0.15) is 12.8 Å². The van der Waals surface area contributed by atoms with Crippen LogP contribution in [-0.4, -0.2) is 38.3 Å². The Morgan fingerprint density at radius 3 is 2.36 bits per heavy atom. The number of amides is 1. The van der Waals surface area contributed by atoms with Crippen molar-refractivity contribution in [1.82, 2.24) is 4.31 Å². The van der Waals surface area contributed by atoms with E-state index in [0.717, 1.165) is 0 Å². The quantitative estimate of drug-likeness (QED) is 0.724. The number of ether oxygens (including phenoxy) is 1. The molecule has 2 aromatic carbocycles. The zero-order chi connectivity index (χ0) is 20.0. The molecule has 1 amide bonds. The van der Waals surface area contributed by atoms with Crippen LogP contribution in [0.4, 0.5) is 5.69 Å². The molecule has 0 radical (unpaired) electrons. The maximum Gasteiger partial charge on any atom is 0.243 e. The van der Waals surface area contributed by atoms with Crippen LogP contribution >= 0.6 is 0 Å². The summed E-state index contributed by atoms with van der Waals surface area (Å²) >= 11 is 0. The van der Waals surface area contributed by atoms with Gasteiger partial charge in [-0.1, -0.05) is 30.9 Å². The molecule has 2 aromatic rings. The molecule has 0 aliphatic carbocycles. The largest absolute Gasteiger partial charge is 0.490 e. The summed E-state index contributed by atoms with van der Waals surface area (Å²) in [7, 11) is -3.50. The molecule has 28 heavy (non-hydrogen) atoms. The molecule has 1 fully saturated rings. The lowest BCUT2D eigenvalue weighted by Gasteiger charge is -2.30. The minimum atomic E-state index is -3.50. The van der Waals surface area contributed by atoms with Crippen molar-refractivity contribution in [3.8, 4) is 5.75 Å². The predicted octanol–water partition coefficient (Wildman–Crippen LogP) is 3.29. The number of nitrogens with zero attached hydrogens (tertiary/aromatic N) is 1. The number of nitrogens with one attached hydrogen (secondary N) is 1. The summed E-state index contributed by atoms with van der Waals surface area (Å²) in [5.74, 6) is 0.410. The van der Waals surface area contributed by atoms with Gasteiger partial charge in [-0.05, 0) is 49.2 Å². The van der Waals surface area contributed by atoms with Crippen LogP contribution in [0.3, 0.4) is 0 Å². The summed E-state index contributed by atoms with van der Waals surface area (Å²) in [6.07, 6.45) is 2.66. The van der Waals surface area contributed by atoms with E-state index in [2.05, 4.69) is 11.9 Å². The highest BCUT2D eigenvalue weighted by Gasteiger charge is 2.32. The van der Waals surface area contributed by atoms with Crippen LogP contribution in [0.15, 0.2) is 72.1 Å². The molecule has 3 rings (SSSR count). The standard InChI is InChI=1S/C21H24N2O4S/c1-2-16-27-19-10-8-18(9-11-19)22-21(24)17-12-14-23(15-13-17)28(25,26)20-6-4-3-5-7-20/h2-11,17H,1,12-16H2,(H,22,24). The molecule has 1 saturated heterocycles. The van der Waals surface area contributed by atoms with E-state index in [0.29, 0.717) is 44.0 Å². The van der Waals surface area contributed by atoms with E-state index in [1.54, 1.807) is 60.7 Å². The number of hydrogen-bond donors (Lipinski definition) is 1. The monoisotopic (exact) mass is 400 g/mol. The third-order valence-electron chi connectivity index (χ3n) is 4.70. The number of carbonyl (C=O) groups is 1. The van der Waals surface area contributed by atoms with E-state index in [1.807, 2.05) is 0 Å². The number of benzene rings is 2. The first-order valence-corrected chi connectivity index (χ1v) is 10.6. The summed E-state index contributed by atoms with van der Waals surface area (Å²) in [6, 6.07) is 15.5. The van der Waals surface area contributed by atoms with Crippen LogP contribution in [0, 0.1) is 5.92 Å². The zero-order valence-corrected chi connectivity index (χ0v) is 16.4. The lowest BCUT2D eigenvalue weighted by Crippen LogP contribution is -2.41. The van der Waals surface area contributed by atoms with Crippen LogP contribution in [0.5, 0.6) is 5.75 Å². The van der Waals surface area contributed by atoms with E-state index in [1.165, 1.54) is 4.31 Å². The number of sulfonamides is 1. The molecule has 0 bridgehead atoms. The molecule has 148 valence electrons. The Hall–Kier alpha value is -2.64. The van der Waals surface area contributed by atoms with Gasteiger partial charge in [-0.15, -0.1) is 0 Å². The van der Waals surface area contributed by atoms with Gasteiger partial charge in [0.1, 0.15) is 12.4 Å². The summed E-state index contributed by atoms with van der Waals surface area (Å²) in [5.41, 5.74) is 0.690. The fourth-order valence-electron chi connectivity index (χ4n) is 3.13. The first kappa shape index (κ1) is 20.1. The van der Waals surface area contributed by atoms with Crippen molar-refractivity contribution in [1.29, 1.82) is 0 Å². The topological polar surface area (TPSA) is 75.7 Å². The van der Waals surface area contributed by atoms with Gasteiger partial charge in [0.05, 0.1) is 4.90 Å². The average Bonchev–Trinajstić information content (AvgIpc) is 2.74. The van der Waals surface area contributed by atoms with Crippen molar-refractivity contribution in [3.63, 3.8) is 0 Å². The molecule has 0 aromatic heterocycles. The van der Waals surface area contributed by atoms with Gasteiger partial charge in [-0.25, -0.2) is 8.42 Å². The maximum absolute atomic E-state index is 12.7. The summed E-state index contributed by atoms with van der Waals surface area (Å²) < 4.78 is 32.2. The Balaban J connectivity index is 1.54. The molecule has 0 atom stereocenters. The second-order valence-electron chi connectivity index (χ2n) is 6.60. The van der Waals surface area contributed by atoms with Crippen molar-refractivity contribution in [3.05, 3.63) is 67.3 Å². The Kier molecular flexibility index (Phi) is 6.49. The second-order valence-corrected chi connectivity index (χ2v) is 8.54. The van der Waals surface area contributed by atoms with Crippen LogP contribution < -0.4 is 10.1 Å². The second kappa shape index (κ2) is 9.03. The summed E-state index contributed by atoms with van der Waals surface area (Å²) in [4.78, 5) is 12.8. The van der Waals surface area contributed by atoms with E-state index < -0.39 is 10.0 Å². The van der Waals surface area contributed by atoms with Gasteiger partial charge in [0.2, 0.25) is 15.9 Å². The Morgan fingerprint density at radius 2 is 1.75 bits per heavy atom. The van der Waals surface area contributed by atoms with Crippen LogP contribution in [0.25, 0.3) is 0 Å². The molecule has 1 aliphatic rings. The number of hydrogen-bond acceptors (Lipinski definition) is 4. The van der Waals surface area contributed by atoms with Crippen LogP contribution in [0.2, 0.25) is 0 Å². The first-order chi connectivity index (χ1) is 13.5. The Labute approximate surface area is 165 Å². The number of anilines is 1. The maximum atomic E-state index is 12.7. The van der Waals surface area contributed by atoms with Crippen LogP contribution in [-0.2, 0) is 14.8 Å². The predicted molar refractivity (Wildman–Crippen MR) is 109 cm³/mol. The smallest absolute Gasteiger partial charge is 0.243 e. The number of piperidine rings is 1.